The second-order valence-corrected chi connectivity index (χ2v) is 5.42. The van der Waals surface area contributed by atoms with Gasteiger partial charge < -0.3 is 5.11 Å². The van der Waals surface area contributed by atoms with Gasteiger partial charge in [-0.1, -0.05) is 11.3 Å². The van der Waals surface area contributed by atoms with Crippen molar-refractivity contribution < 1.29 is 10.0 Å². The van der Waals surface area contributed by atoms with Crippen LogP contribution >= 0.6 is 11.3 Å². The molecule has 0 atom stereocenters. The highest BCUT2D eigenvalue weighted by molar-refractivity contribution is 7.22. The van der Waals surface area contributed by atoms with Gasteiger partial charge in [0.25, 0.3) is 5.69 Å². The van der Waals surface area contributed by atoms with Crippen LogP contribution in [0.2, 0.25) is 0 Å². The van der Waals surface area contributed by atoms with Crippen LogP contribution in [0.25, 0.3) is 10.2 Å². The van der Waals surface area contributed by atoms with Gasteiger partial charge in [-0.3, -0.25) is 15.5 Å². The Morgan fingerprint density at radius 2 is 2.05 bits per heavy atom. The van der Waals surface area contributed by atoms with E-state index in [1.54, 1.807) is 36.5 Å². The van der Waals surface area contributed by atoms with Gasteiger partial charge in [-0.05, 0) is 35.9 Å². The minimum atomic E-state index is -0.435. The molecule has 3 rings (SSSR count). The maximum Gasteiger partial charge on any atom is 0.270 e. The summed E-state index contributed by atoms with van der Waals surface area (Å²) in [5.41, 5.74) is 4.33. The molecule has 0 radical (unpaired) electrons. The largest absolute Gasteiger partial charge is 0.508 e. The van der Waals surface area contributed by atoms with Crippen molar-refractivity contribution in [3.05, 3.63) is 58.1 Å². The summed E-state index contributed by atoms with van der Waals surface area (Å²) in [5.74, 6) is 0.192. The number of thiazole rings is 1. The molecule has 1 aromatic heterocycles. The smallest absolute Gasteiger partial charge is 0.270 e. The molecule has 2 N–H and O–H groups in total. The Bertz CT molecular complexity index is 858. The van der Waals surface area contributed by atoms with Crippen molar-refractivity contribution in [3.63, 3.8) is 0 Å². The molecule has 0 spiro atoms. The monoisotopic (exact) mass is 314 g/mol. The van der Waals surface area contributed by atoms with Gasteiger partial charge in [0.1, 0.15) is 5.75 Å². The molecular formula is C14H10N4O3S. The lowest BCUT2D eigenvalue weighted by Crippen LogP contribution is -1.89. The molecule has 8 heteroatoms. The Kier molecular flexibility index (Phi) is 3.67. The van der Waals surface area contributed by atoms with Crippen LogP contribution in [0.5, 0.6) is 5.75 Å². The molecule has 0 unspecified atom stereocenters. The fraction of sp³-hybridized carbons (Fsp3) is 0. The van der Waals surface area contributed by atoms with Crippen molar-refractivity contribution in [2.75, 3.05) is 5.43 Å². The van der Waals surface area contributed by atoms with E-state index in [2.05, 4.69) is 15.5 Å². The zero-order valence-electron chi connectivity index (χ0n) is 11.1. The van der Waals surface area contributed by atoms with Gasteiger partial charge in [0.05, 0.1) is 21.4 Å². The topological polar surface area (TPSA) is 101 Å². The predicted octanol–water partition coefficient (Wildman–Crippen LogP) is 3.36. The van der Waals surface area contributed by atoms with Crippen molar-refractivity contribution in [2.45, 2.75) is 0 Å². The van der Waals surface area contributed by atoms with E-state index in [9.17, 15) is 15.2 Å². The Hall–Kier alpha value is -3.00. The number of nitrogens with zero attached hydrogens (tertiary/aromatic N) is 3. The highest BCUT2D eigenvalue weighted by Crippen LogP contribution is 2.29. The van der Waals surface area contributed by atoms with E-state index in [0.717, 1.165) is 10.3 Å². The Morgan fingerprint density at radius 3 is 2.77 bits per heavy atom. The lowest BCUT2D eigenvalue weighted by atomic mass is 10.2. The molecule has 0 aliphatic rings. The minimum Gasteiger partial charge on any atom is -0.508 e. The van der Waals surface area contributed by atoms with E-state index in [1.807, 2.05) is 0 Å². The van der Waals surface area contributed by atoms with Gasteiger partial charge in [-0.25, -0.2) is 4.98 Å². The van der Waals surface area contributed by atoms with E-state index >= 15 is 0 Å². The molecule has 0 amide bonds. The number of aromatic nitrogens is 1. The molecule has 7 nitrogen and oxygen atoms in total. The van der Waals surface area contributed by atoms with Crippen LogP contribution in [0.15, 0.2) is 47.6 Å². The molecule has 0 bridgehead atoms. The zero-order valence-corrected chi connectivity index (χ0v) is 11.9. The van der Waals surface area contributed by atoms with Crippen LogP contribution in [0, 0.1) is 10.1 Å². The summed E-state index contributed by atoms with van der Waals surface area (Å²) in [6, 6.07) is 11.1. The number of hydrogen-bond acceptors (Lipinski definition) is 7. The SMILES string of the molecule is O=[N+]([O-])c1ccc2nc(NN=Cc3ccc(O)cc3)sc2c1. The van der Waals surface area contributed by atoms with Crippen LogP contribution in [0.1, 0.15) is 5.56 Å². The number of phenolic OH excluding ortho intramolecular Hbond substituents is 1. The summed E-state index contributed by atoms with van der Waals surface area (Å²) in [5, 5.41) is 24.5. The Morgan fingerprint density at radius 1 is 1.27 bits per heavy atom. The van der Waals surface area contributed by atoms with Crippen molar-refractivity contribution in [2.24, 2.45) is 5.10 Å². The summed E-state index contributed by atoms with van der Waals surface area (Å²) in [6.07, 6.45) is 1.59. The average molecular weight is 314 g/mol. The highest BCUT2D eigenvalue weighted by Gasteiger charge is 2.09. The van der Waals surface area contributed by atoms with E-state index in [0.29, 0.717) is 10.6 Å². The standard InChI is InChI=1S/C14H10N4O3S/c19-11-4-1-9(2-5-11)8-15-17-14-16-12-6-3-10(18(20)21)7-13(12)22-14/h1-8,19H,(H,16,17). The first-order valence-corrected chi connectivity index (χ1v) is 7.06. The van der Waals surface area contributed by atoms with E-state index in [-0.39, 0.29) is 11.4 Å². The molecule has 22 heavy (non-hydrogen) atoms. The average Bonchev–Trinajstić information content (AvgIpc) is 2.91. The lowest BCUT2D eigenvalue weighted by Gasteiger charge is -1.94. The third-order valence-electron chi connectivity index (χ3n) is 2.85. The number of anilines is 1. The van der Waals surface area contributed by atoms with Crippen molar-refractivity contribution >= 4 is 38.6 Å². The number of hydrogen-bond donors (Lipinski definition) is 2. The number of nitro groups is 1. The number of hydrazone groups is 1. The van der Waals surface area contributed by atoms with E-state index in [1.165, 1.54) is 23.5 Å². The number of benzene rings is 2. The molecule has 0 aliphatic carbocycles. The maximum absolute atomic E-state index is 10.7. The quantitative estimate of drug-likeness (QED) is 0.437. The van der Waals surface area contributed by atoms with E-state index in [4.69, 9.17) is 0 Å². The van der Waals surface area contributed by atoms with Gasteiger partial charge in [0, 0.05) is 12.1 Å². The van der Waals surface area contributed by atoms with Crippen LogP contribution in [0.4, 0.5) is 10.8 Å². The summed E-state index contributed by atoms with van der Waals surface area (Å²) in [7, 11) is 0. The number of aromatic hydroxyl groups is 1. The normalized spacial score (nSPS) is 11.1. The molecule has 0 saturated carbocycles. The highest BCUT2D eigenvalue weighted by atomic mass is 32.1. The van der Waals surface area contributed by atoms with Gasteiger partial charge in [0.15, 0.2) is 0 Å². The number of rotatable bonds is 4. The van der Waals surface area contributed by atoms with Crippen molar-refractivity contribution in [3.8, 4) is 5.75 Å². The molecule has 3 aromatic rings. The van der Waals surface area contributed by atoms with Gasteiger partial charge in [-0.2, -0.15) is 5.10 Å². The van der Waals surface area contributed by atoms with Crippen molar-refractivity contribution in [1.82, 2.24) is 4.98 Å². The molecule has 0 aliphatic heterocycles. The van der Waals surface area contributed by atoms with Crippen molar-refractivity contribution in [1.29, 1.82) is 0 Å². The predicted molar refractivity (Wildman–Crippen MR) is 85.6 cm³/mol. The molecule has 0 fully saturated rings. The van der Waals surface area contributed by atoms with Gasteiger partial charge >= 0.3 is 0 Å². The number of nitro benzene ring substituents is 1. The van der Waals surface area contributed by atoms with Gasteiger partial charge in [-0.15, -0.1) is 0 Å². The first-order chi connectivity index (χ1) is 10.6. The second-order valence-electron chi connectivity index (χ2n) is 4.39. The Labute approximate surface area is 128 Å². The van der Waals surface area contributed by atoms with Crippen LogP contribution in [0.3, 0.4) is 0 Å². The number of fused-ring (bicyclic) bond motifs is 1. The first kappa shape index (κ1) is 14.0. The van der Waals surface area contributed by atoms with Crippen LogP contribution < -0.4 is 5.43 Å². The third kappa shape index (κ3) is 3.01. The molecule has 2 aromatic carbocycles. The molecule has 0 saturated heterocycles. The fourth-order valence-electron chi connectivity index (χ4n) is 1.80. The van der Waals surface area contributed by atoms with Crippen LogP contribution in [-0.4, -0.2) is 21.2 Å². The number of phenols is 1. The molecular weight excluding hydrogens is 304 g/mol. The summed E-state index contributed by atoms with van der Waals surface area (Å²) >= 11 is 1.29. The number of non-ortho nitro benzene ring substituents is 1. The van der Waals surface area contributed by atoms with Crippen LogP contribution in [-0.2, 0) is 0 Å². The summed E-state index contributed by atoms with van der Waals surface area (Å²) in [6.45, 7) is 0. The lowest BCUT2D eigenvalue weighted by molar-refractivity contribution is -0.384. The first-order valence-electron chi connectivity index (χ1n) is 6.25. The molecule has 110 valence electrons. The Balaban J connectivity index is 1.76. The second kappa shape index (κ2) is 5.78. The minimum absolute atomic E-state index is 0.0373. The fourth-order valence-corrected chi connectivity index (χ4v) is 2.65. The third-order valence-corrected chi connectivity index (χ3v) is 3.77. The van der Waals surface area contributed by atoms with Gasteiger partial charge in [0.2, 0.25) is 5.13 Å². The maximum atomic E-state index is 10.7. The summed E-state index contributed by atoms with van der Waals surface area (Å²) in [4.78, 5) is 14.6. The number of nitrogens with one attached hydrogen (secondary N) is 1. The summed E-state index contributed by atoms with van der Waals surface area (Å²) < 4.78 is 0.719. The zero-order chi connectivity index (χ0) is 15.5. The van der Waals surface area contributed by atoms with E-state index < -0.39 is 4.92 Å². The molecule has 1 heterocycles.